The summed E-state index contributed by atoms with van der Waals surface area (Å²) >= 11 is 0. The largest absolute Gasteiger partial charge is 0.337 e. The van der Waals surface area contributed by atoms with Crippen LogP contribution >= 0.6 is 0 Å². The van der Waals surface area contributed by atoms with Gasteiger partial charge in [0.15, 0.2) is 5.82 Å². The highest BCUT2D eigenvalue weighted by molar-refractivity contribution is 5.75. The lowest BCUT2D eigenvalue weighted by Crippen LogP contribution is -2.04. The Labute approximate surface area is 111 Å². The van der Waals surface area contributed by atoms with Crippen molar-refractivity contribution in [2.75, 3.05) is 0 Å². The van der Waals surface area contributed by atoms with Crippen molar-refractivity contribution < 1.29 is 4.52 Å². The number of rotatable bonds is 4. The van der Waals surface area contributed by atoms with Gasteiger partial charge in [0.2, 0.25) is 5.89 Å². The van der Waals surface area contributed by atoms with Crippen molar-refractivity contribution in [3.05, 3.63) is 41.8 Å². The van der Waals surface area contributed by atoms with Gasteiger partial charge in [-0.3, -0.25) is 0 Å². The predicted molar refractivity (Wildman–Crippen MR) is 71.9 cm³/mol. The molecule has 3 aromatic rings. The van der Waals surface area contributed by atoms with Crippen LogP contribution in [0.2, 0.25) is 0 Å². The standard InChI is InChI=1S/C14H16N4O/c1-3-12-16-14(19-17-12)9-18-11-8-6-5-7-10(11)15-13(18)4-2/h5-8H,3-4,9H2,1-2H3. The third-order valence-electron chi connectivity index (χ3n) is 3.17. The Kier molecular flexibility index (Phi) is 3.03. The Bertz CT molecular complexity index is 698. The monoisotopic (exact) mass is 256 g/mol. The minimum atomic E-state index is 0.580. The Morgan fingerprint density at radius 1 is 1.11 bits per heavy atom. The summed E-state index contributed by atoms with van der Waals surface area (Å²) in [5.41, 5.74) is 2.12. The number of nitrogens with zero attached hydrogens (tertiary/aromatic N) is 4. The molecule has 0 aliphatic carbocycles. The highest BCUT2D eigenvalue weighted by Crippen LogP contribution is 2.17. The van der Waals surface area contributed by atoms with Gasteiger partial charge >= 0.3 is 0 Å². The Morgan fingerprint density at radius 3 is 2.68 bits per heavy atom. The molecule has 0 spiro atoms. The van der Waals surface area contributed by atoms with Gasteiger partial charge in [-0.05, 0) is 12.1 Å². The molecule has 0 unspecified atom stereocenters. The molecule has 2 aromatic heterocycles. The van der Waals surface area contributed by atoms with Gasteiger partial charge in [-0.25, -0.2) is 4.98 Å². The summed E-state index contributed by atoms with van der Waals surface area (Å²) in [6, 6.07) is 8.11. The van der Waals surface area contributed by atoms with Gasteiger partial charge in [-0.15, -0.1) is 0 Å². The van der Waals surface area contributed by atoms with Crippen LogP contribution in [0.5, 0.6) is 0 Å². The van der Waals surface area contributed by atoms with Crippen molar-refractivity contribution in [3.63, 3.8) is 0 Å². The third kappa shape index (κ3) is 2.12. The Balaban J connectivity index is 2.03. The molecule has 3 rings (SSSR count). The van der Waals surface area contributed by atoms with Gasteiger partial charge in [0.25, 0.3) is 0 Å². The topological polar surface area (TPSA) is 56.7 Å². The maximum absolute atomic E-state index is 5.27. The molecule has 2 heterocycles. The van der Waals surface area contributed by atoms with E-state index in [0.29, 0.717) is 12.4 Å². The summed E-state index contributed by atoms with van der Waals surface area (Å²) in [5.74, 6) is 2.42. The number of imidazole rings is 1. The number of benzene rings is 1. The molecular formula is C14H16N4O. The van der Waals surface area contributed by atoms with Gasteiger partial charge in [0.05, 0.1) is 11.0 Å². The first-order chi connectivity index (χ1) is 9.31. The molecule has 0 bridgehead atoms. The molecule has 0 saturated carbocycles. The van der Waals surface area contributed by atoms with E-state index in [-0.39, 0.29) is 0 Å². The Morgan fingerprint density at radius 2 is 1.95 bits per heavy atom. The first kappa shape index (κ1) is 11.9. The average molecular weight is 256 g/mol. The summed E-state index contributed by atoms with van der Waals surface area (Å²) in [4.78, 5) is 8.99. The second-order valence-corrected chi connectivity index (χ2v) is 4.41. The van der Waals surface area contributed by atoms with Gasteiger partial charge in [-0.2, -0.15) is 4.98 Å². The number of aromatic nitrogens is 4. The van der Waals surface area contributed by atoms with Gasteiger partial charge in [0, 0.05) is 12.8 Å². The van der Waals surface area contributed by atoms with E-state index in [2.05, 4.69) is 32.7 Å². The second-order valence-electron chi connectivity index (χ2n) is 4.41. The number of fused-ring (bicyclic) bond motifs is 1. The van der Waals surface area contributed by atoms with Crippen LogP contribution in [-0.4, -0.2) is 19.7 Å². The molecule has 0 amide bonds. The first-order valence-electron chi connectivity index (χ1n) is 6.57. The van der Waals surface area contributed by atoms with E-state index >= 15 is 0 Å². The molecule has 5 nitrogen and oxygen atoms in total. The van der Waals surface area contributed by atoms with E-state index < -0.39 is 0 Å². The van der Waals surface area contributed by atoms with E-state index in [1.807, 2.05) is 25.1 Å². The first-order valence-corrected chi connectivity index (χ1v) is 6.57. The van der Waals surface area contributed by atoms with Crippen LogP contribution in [0.25, 0.3) is 11.0 Å². The third-order valence-corrected chi connectivity index (χ3v) is 3.17. The summed E-state index contributed by atoms with van der Waals surface area (Å²) in [7, 11) is 0. The zero-order valence-electron chi connectivity index (χ0n) is 11.1. The quantitative estimate of drug-likeness (QED) is 0.720. The number of hydrogen-bond acceptors (Lipinski definition) is 4. The van der Waals surface area contributed by atoms with Crippen molar-refractivity contribution in [1.82, 2.24) is 19.7 Å². The van der Waals surface area contributed by atoms with E-state index in [1.54, 1.807) is 0 Å². The minimum absolute atomic E-state index is 0.580. The summed E-state index contributed by atoms with van der Waals surface area (Å²) in [5, 5.41) is 3.93. The fourth-order valence-corrected chi connectivity index (χ4v) is 2.20. The Hall–Kier alpha value is -2.17. The van der Waals surface area contributed by atoms with Crippen molar-refractivity contribution in [1.29, 1.82) is 0 Å². The van der Waals surface area contributed by atoms with E-state index in [4.69, 9.17) is 4.52 Å². The van der Waals surface area contributed by atoms with Crippen LogP contribution in [-0.2, 0) is 19.4 Å². The van der Waals surface area contributed by atoms with Crippen LogP contribution in [0.1, 0.15) is 31.4 Å². The van der Waals surface area contributed by atoms with Crippen molar-refractivity contribution in [2.45, 2.75) is 33.2 Å². The molecule has 98 valence electrons. The zero-order valence-corrected chi connectivity index (χ0v) is 11.1. The van der Waals surface area contributed by atoms with Crippen LogP contribution in [0.3, 0.4) is 0 Å². The molecule has 0 atom stereocenters. The average Bonchev–Trinajstić information content (AvgIpc) is 3.04. The summed E-state index contributed by atoms with van der Waals surface area (Å²) in [6.07, 6.45) is 1.66. The molecule has 0 radical (unpaired) electrons. The van der Waals surface area contributed by atoms with Crippen molar-refractivity contribution in [3.8, 4) is 0 Å². The van der Waals surface area contributed by atoms with Gasteiger partial charge in [0.1, 0.15) is 12.4 Å². The maximum Gasteiger partial charge on any atom is 0.246 e. The molecule has 19 heavy (non-hydrogen) atoms. The lowest BCUT2D eigenvalue weighted by Gasteiger charge is -2.04. The van der Waals surface area contributed by atoms with Gasteiger partial charge < -0.3 is 9.09 Å². The minimum Gasteiger partial charge on any atom is -0.337 e. The summed E-state index contributed by atoms with van der Waals surface area (Å²) < 4.78 is 7.41. The zero-order chi connectivity index (χ0) is 13.2. The van der Waals surface area contributed by atoms with Crippen LogP contribution in [0.15, 0.2) is 28.8 Å². The molecule has 0 aliphatic heterocycles. The van der Waals surface area contributed by atoms with Crippen LogP contribution < -0.4 is 0 Å². The maximum atomic E-state index is 5.27. The lowest BCUT2D eigenvalue weighted by atomic mass is 10.3. The predicted octanol–water partition coefficient (Wildman–Crippen LogP) is 2.59. The normalized spacial score (nSPS) is 11.3. The highest BCUT2D eigenvalue weighted by Gasteiger charge is 2.12. The van der Waals surface area contributed by atoms with Crippen molar-refractivity contribution in [2.24, 2.45) is 0 Å². The molecule has 0 saturated heterocycles. The number of aryl methyl sites for hydroxylation is 2. The number of para-hydroxylation sites is 2. The molecular weight excluding hydrogens is 240 g/mol. The van der Waals surface area contributed by atoms with E-state index in [9.17, 15) is 0 Å². The fraction of sp³-hybridized carbons (Fsp3) is 0.357. The van der Waals surface area contributed by atoms with Crippen LogP contribution in [0.4, 0.5) is 0 Å². The smallest absolute Gasteiger partial charge is 0.246 e. The van der Waals surface area contributed by atoms with Crippen molar-refractivity contribution >= 4 is 11.0 Å². The fourth-order valence-electron chi connectivity index (χ4n) is 2.20. The van der Waals surface area contributed by atoms with Crippen LogP contribution in [0, 0.1) is 0 Å². The second kappa shape index (κ2) is 4.84. The van der Waals surface area contributed by atoms with E-state index in [0.717, 1.165) is 35.5 Å². The molecule has 0 aliphatic rings. The lowest BCUT2D eigenvalue weighted by molar-refractivity contribution is 0.366. The molecule has 5 heteroatoms. The SMILES string of the molecule is CCc1noc(Cn2c(CC)nc3ccccc32)n1. The summed E-state index contributed by atoms with van der Waals surface area (Å²) in [6.45, 7) is 4.69. The molecule has 0 fully saturated rings. The van der Waals surface area contributed by atoms with E-state index in [1.165, 1.54) is 0 Å². The molecule has 1 aromatic carbocycles. The van der Waals surface area contributed by atoms with Gasteiger partial charge in [-0.1, -0.05) is 31.1 Å². The highest BCUT2D eigenvalue weighted by atomic mass is 16.5. The molecule has 0 N–H and O–H groups in total. The number of hydrogen-bond donors (Lipinski definition) is 0.